The molecule has 1 unspecified atom stereocenters. The Hall–Kier alpha value is 0.790. The lowest BCUT2D eigenvalue weighted by Gasteiger charge is -1.75. The maximum Gasteiger partial charge on any atom is 0.234 e. The first kappa shape index (κ1) is 5.79. The van der Waals surface area contributed by atoms with Crippen molar-refractivity contribution in [3.05, 3.63) is 0 Å². The fourth-order valence-corrected chi connectivity index (χ4v) is 0. The maximum absolute atomic E-state index is 8.11. The fourth-order valence-electron chi connectivity index (χ4n) is 0. The molecule has 0 radical (unpaired) electrons. The molecule has 0 saturated carbocycles. The van der Waals surface area contributed by atoms with Gasteiger partial charge < -0.3 is 5.11 Å². The molecule has 1 N–H and O–H groups in total. The van der Waals surface area contributed by atoms with Crippen LogP contribution in [-0.2, 0) is 9.33 Å². The lowest BCUT2D eigenvalue weighted by Crippen LogP contribution is -1.89. The molecule has 5 heavy (non-hydrogen) atoms. The van der Waals surface area contributed by atoms with Gasteiger partial charge in [0.25, 0.3) is 0 Å². The lowest BCUT2D eigenvalue weighted by molar-refractivity contribution is 0.374. The van der Waals surface area contributed by atoms with Crippen molar-refractivity contribution < 1.29 is 5.11 Å². The molecular formula is C2H6BrOS+. The first-order valence-electron chi connectivity index (χ1n) is 1.17. The average molecular weight is 158 g/mol. The Balaban J connectivity index is 2.54. The predicted molar refractivity (Wildman–Crippen MR) is 29.3 cm³/mol. The molecule has 0 heterocycles. The molecule has 32 valence electrons. The van der Waals surface area contributed by atoms with Crippen molar-refractivity contribution in [3.63, 3.8) is 0 Å². The lowest BCUT2D eigenvalue weighted by atomic mass is 11.7. The number of aliphatic hydroxyl groups excluding tert-OH is 1. The smallest absolute Gasteiger partial charge is 0.234 e. The molecule has 1 atom stereocenters. The number of halogens is 1. The number of rotatable bonds is 1. The molecule has 0 aromatic heterocycles. The number of aliphatic hydroxyl groups is 1. The largest absolute Gasteiger partial charge is 0.351 e. The summed E-state index contributed by atoms with van der Waals surface area (Å²) >= 11 is 3.15. The zero-order valence-electron chi connectivity index (χ0n) is 2.94. The molecule has 0 aromatic rings. The van der Waals surface area contributed by atoms with E-state index in [0.29, 0.717) is 0 Å². The van der Waals surface area contributed by atoms with Crippen LogP contribution in [0.2, 0.25) is 0 Å². The molecule has 0 amide bonds. The van der Waals surface area contributed by atoms with E-state index in [2.05, 4.69) is 14.8 Å². The van der Waals surface area contributed by atoms with Gasteiger partial charge in [0.2, 0.25) is 20.8 Å². The molecule has 0 saturated heterocycles. The average Bonchev–Trinajstić information content (AvgIpc) is 1.38. The highest BCUT2D eigenvalue weighted by atomic mass is 79.9. The minimum Gasteiger partial charge on any atom is -0.351 e. The molecule has 0 aromatic carbocycles. The van der Waals surface area contributed by atoms with E-state index >= 15 is 0 Å². The molecule has 0 bridgehead atoms. The Morgan fingerprint density at radius 2 is 2.20 bits per heavy atom. The highest BCUT2D eigenvalue weighted by Crippen LogP contribution is 1.95. The van der Waals surface area contributed by atoms with Crippen LogP contribution < -0.4 is 0 Å². The van der Waals surface area contributed by atoms with Crippen LogP contribution in [0.3, 0.4) is 0 Å². The van der Waals surface area contributed by atoms with E-state index < -0.39 is 0 Å². The standard InChI is InChI=1S/C2H6BrOS/c1-5(3)2-4/h4H,2H2,1H3/q+1. The van der Waals surface area contributed by atoms with Gasteiger partial charge in [0.1, 0.15) is 6.26 Å². The predicted octanol–water partition coefficient (Wildman–Crippen LogP) is 0.494. The first-order chi connectivity index (χ1) is 2.27. The Morgan fingerprint density at radius 3 is 2.20 bits per heavy atom. The normalized spacial score (nSPS) is 15.0. The molecule has 1 nitrogen and oxygen atoms in total. The van der Waals surface area contributed by atoms with E-state index in [1.165, 1.54) is 0 Å². The van der Waals surface area contributed by atoms with Gasteiger partial charge in [-0.2, -0.15) is 0 Å². The third-order valence-corrected chi connectivity index (χ3v) is 1.15. The summed E-state index contributed by atoms with van der Waals surface area (Å²) in [6, 6.07) is 0. The van der Waals surface area contributed by atoms with Crippen molar-refractivity contribution in [2.45, 2.75) is 0 Å². The zero-order chi connectivity index (χ0) is 4.28. The van der Waals surface area contributed by atoms with E-state index in [-0.39, 0.29) is 15.3 Å². The van der Waals surface area contributed by atoms with Crippen LogP contribution in [0.15, 0.2) is 0 Å². The summed E-state index contributed by atoms with van der Waals surface area (Å²) in [6.07, 6.45) is 1.92. The monoisotopic (exact) mass is 157 g/mol. The van der Waals surface area contributed by atoms with Crippen LogP contribution in [0.25, 0.3) is 0 Å². The molecule has 0 fully saturated rings. The third-order valence-electron chi connectivity index (χ3n) is 0.178. The van der Waals surface area contributed by atoms with Crippen molar-refractivity contribution in [2.75, 3.05) is 12.2 Å². The molecule has 3 heteroatoms. The quantitative estimate of drug-likeness (QED) is 0.550. The molecule has 0 spiro atoms. The summed E-state index contributed by atoms with van der Waals surface area (Å²) in [7, 11) is 0.0455. The highest BCUT2D eigenvalue weighted by molar-refractivity contribution is 9.48. The van der Waals surface area contributed by atoms with Crippen molar-refractivity contribution >= 4 is 24.1 Å². The summed E-state index contributed by atoms with van der Waals surface area (Å²) < 4.78 is 0. The topological polar surface area (TPSA) is 20.2 Å². The van der Waals surface area contributed by atoms with Crippen molar-refractivity contribution in [2.24, 2.45) is 0 Å². The minimum atomic E-state index is 0.0455. The van der Waals surface area contributed by atoms with Gasteiger partial charge in [-0.25, -0.2) is 0 Å². The van der Waals surface area contributed by atoms with Gasteiger partial charge in [-0.1, -0.05) is 0 Å². The van der Waals surface area contributed by atoms with Crippen LogP contribution in [-0.4, -0.2) is 17.3 Å². The van der Waals surface area contributed by atoms with E-state index in [1.807, 2.05) is 6.26 Å². The second kappa shape index (κ2) is 3.00. The van der Waals surface area contributed by atoms with Gasteiger partial charge in [0.15, 0.2) is 0 Å². The van der Waals surface area contributed by atoms with E-state index in [1.54, 1.807) is 0 Å². The molecule has 0 rings (SSSR count). The van der Waals surface area contributed by atoms with Crippen LogP contribution in [0, 0.1) is 0 Å². The maximum atomic E-state index is 8.11. The van der Waals surface area contributed by atoms with Crippen LogP contribution in [0.5, 0.6) is 0 Å². The molecule has 0 aliphatic carbocycles. The van der Waals surface area contributed by atoms with Gasteiger partial charge >= 0.3 is 0 Å². The summed E-state index contributed by atoms with van der Waals surface area (Å²) in [6.45, 7) is 0. The van der Waals surface area contributed by atoms with E-state index in [9.17, 15) is 0 Å². The van der Waals surface area contributed by atoms with E-state index in [4.69, 9.17) is 5.11 Å². The van der Waals surface area contributed by atoms with Crippen LogP contribution in [0.4, 0.5) is 0 Å². The van der Waals surface area contributed by atoms with Gasteiger partial charge in [0.05, 0.1) is 9.33 Å². The van der Waals surface area contributed by atoms with Crippen LogP contribution >= 0.6 is 14.8 Å². The summed E-state index contributed by atoms with van der Waals surface area (Å²) in [5.74, 6) is 0.250. The third kappa shape index (κ3) is 4.79. The number of hydrogen-bond acceptors (Lipinski definition) is 1. The zero-order valence-corrected chi connectivity index (χ0v) is 5.34. The SMILES string of the molecule is C[S+](Br)CO. The number of hydrogen-bond donors (Lipinski definition) is 1. The molecule has 0 aliphatic heterocycles. The second-order valence-electron chi connectivity index (χ2n) is 0.681. The summed E-state index contributed by atoms with van der Waals surface area (Å²) in [5.41, 5.74) is 0. The van der Waals surface area contributed by atoms with Gasteiger partial charge in [0, 0.05) is 0 Å². The molecule has 0 aliphatic rings. The van der Waals surface area contributed by atoms with E-state index in [0.717, 1.165) is 0 Å². The first-order valence-corrected chi connectivity index (χ1v) is 4.81. The highest BCUT2D eigenvalue weighted by Gasteiger charge is 1.97. The van der Waals surface area contributed by atoms with Gasteiger partial charge in [-0.15, -0.1) is 0 Å². The Bertz CT molecular complexity index is 23.6. The minimum absolute atomic E-state index is 0.0455. The Labute approximate surface area is 41.9 Å². The summed E-state index contributed by atoms with van der Waals surface area (Å²) in [5, 5.41) is 8.11. The second-order valence-corrected chi connectivity index (χ2v) is 5.36. The van der Waals surface area contributed by atoms with Crippen molar-refractivity contribution in [1.29, 1.82) is 0 Å². The van der Waals surface area contributed by atoms with Gasteiger partial charge in [-0.05, 0) is 0 Å². The summed E-state index contributed by atoms with van der Waals surface area (Å²) in [4.78, 5) is 0. The van der Waals surface area contributed by atoms with Crippen LogP contribution in [0.1, 0.15) is 0 Å². The van der Waals surface area contributed by atoms with Crippen molar-refractivity contribution in [3.8, 4) is 0 Å². The Kier molecular flexibility index (Phi) is 3.47. The van der Waals surface area contributed by atoms with Crippen molar-refractivity contribution in [1.82, 2.24) is 0 Å². The van der Waals surface area contributed by atoms with Gasteiger partial charge in [-0.3, -0.25) is 0 Å². The fraction of sp³-hybridized carbons (Fsp3) is 1.00. The Morgan fingerprint density at radius 1 is 2.00 bits per heavy atom. The molecular weight excluding hydrogens is 152 g/mol.